The molecule has 1 aromatic carbocycles. The summed E-state index contributed by atoms with van der Waals surface area (Å²) in [6.45, 7) is 0. The van der Waals surface area contributed by atoms with Crippen molar-refractivity contribution in [2.75, 3.05) is 5.32 Å². The zero-order chi connectivity index (χ0) is 12.1. The minimum atomic E-state index is -4.50. The lowest BCUT2D eigenvalue weighted by Crippen LogP contribution is -2.12. The predicted molar refractivity (Wildman–Crippen MR) is 57.1 cm³/mol. The van der Waals surface area contributed by atoms with Crippen molar-refractivity contribution in [2.24, 2.45) is 0 Å². The fourth-order valence-corrected chi connectivity index (χ4v) is 2.16. The van der Waals surface area contributed by atoms with Gasteiger partial charge in [-0.25, -0.2) is 0 Å². The number of alkyl halides is 3. The van der Waals surface area contributed by atoms with E-state index < -0.39 is 23.4 Å². The van der Waals surface area contributed by atoms with Crippen LogP contribution in [-0.2, 0) is 11.0 Å². The fourth-order valence-electron chi connectivity index (χ4n) is 1.38. The minimum absolute atomic E-state index is 0.0117. The lowest BCUT2D eigenvalue weighted by atomic mass is 10.1. The highest BCUT2D eigenvalue weighted by Crippen LogP contribution is 2.37. The number of halogens is 4. The van der Waals surface area contributed by atoms with Crippen molar-refractivity contribution in [1.82, 2.24) is 0 Å². The third-order valence-corrected chi connectivity index (χ3v) is 3.00. The zero-order valence-corrected chi connectivity index (χ0v) is 9.64. The normalized spacial score (nSPS) is 15.0. The largest absolute Gasteiger partial charge is 0.417 e. The molecule has 0 unspecified atom stereocenters. The molecule has 0 saturated heterocycles. The molecule has 0 spiro atoms. The molecule has 0 radical (unpaired) electrons. The SMILES string of the molecule is O=C1Nc2cc(C(F)(F)F)c(I)cc2C1=O. The Labute approximate surface area is 101 Å². The highest BCUT2D eigenvalue weighted by atomic mass is 127. The van der Waals surface area contributed by atoms with Crippen LogP contribution in [0.15, 0.2) is 12.1 Å². The molecule has 0 atom stereocenters. The number of fused-ring (bicyclic) bond motifs is 1. The zero-order valence-electron chi connectivity index (χ0n) is 7.48. The topological polar surface area (TPSA) is 46.2 Å². The molecule has 1 aromatic rings. The van der Waals surface area contributed by atoms with Gasteiger partial charge in [0.05, 0.1) is 16.8 Å². The summed E-state index contributed by atoms with van der Waals surface area (Å²) < 4.78 is 37.4. The van der Waals surface area contributed by atoms with E-state index in [0.29, 0.717) is 0 Å². The lowest BCUT2D eigenvalue weighted by Gasteiger charge is -2.10. The van der Waals surface area contributed by atoms with Gasteiger partial charge in [0.1, 0.15) is 0 Å². The number of Topliss-reactive ketones (excluding diaryl/α,β-unsaturated/α-hetero) is 1. The van der Waals surface area contributed by atoms with Gasteiger partial charge in [0, 0.05) is 3.57 Å². The predicted octanol–water partition coefficient (Wildman–Crippen LogP) is 2.44. The van der Waals surface area contributed by atoms with Crippen LogP contribution in [0.5, 0.6) is 0 Å². The molecule has 1 aliphatic heterocycles. The first-order valence-electron chi connectivity index (χ1n) is 4.07. The molecular weight excluding hydrogens is 338 g/mol. The van der Waals surface area contributed by atoms with Crippen molar-refractivity contribution in [3.63, 3.8) is 0 Å². The van der Waals surface area contributed by atoms with Crippen molar-refractivity contribution < 1.29 is 22.8 Å². The molecule has 0 bridgehead atoms. The summed E-state index contributed by atoms with van der Waals surface area (Å²) in [5, 5.41) is 2.10. The first-order valence-corrected chi connectivity index (χ1v) is 5.15. The highest BCUT2D eigenvalue weighted by Gasteiger charge is 2.37. The number of rotatable bonds is 0. The standard InChI is InChI=1S/C9H3F3INO2/c10-9(11,12)4-2-6-3(1-5(4)13)7(15)8(16)14-6/h1-2H,(H,14,15,16). The van der Waals surface area contributed by atoms with E-state index in [-0.39, 0.29) is 14.8 Å². The summed E-state index contributed by atoms with van der Waals surface area (Å²) in [5.74, 6) is -1.70. The van der Waals surface area contributed by atoms with Crippen LogP contribution in [0.2, 0.25) is 0 Å². The van der Waals surface area contributed by atoms with Gasteiger partial charge in [-0.1, -0.05) is 0 Å². The summed E-state index contributed by atoms with van der Waals surface area (Å²) >= 11 is 1.48. The average molecular weight is 341 g/mol. The summed E-state index contributed by atoms with van der Waals surface area (Å²) in [7, 11) is 0. The number of hydrogen-bond donors (Lipinski definition) is 1. The summed E-state index contributed by atoms with van der Waals surface area (Å²) in [5.41, 5.74) is -0.952. The van der Waals surface area contributed by atoms with Gasteiger partial charge in [-0.05, 0) is 34.7 Å². The molecule has 1 amide bonds. The van der Waals surface area contributed by atoms with Crippen molar-refractivity contribution >= 4 is 40.0 Å². The number of ketones is 1. The molecule has 7 heteroatoms. The molecule has 0 aliphatic carbocycles. The molecule has 84 valence electrons. The molecule has 3 nitrogen and oxygen atoms in total. The Bertz CT molecular complexity index is 510. The molecule has 0 saturated carbocycles. The van der Waals surface area contributed by atoms with Crippen molar-refractivity contribution in [2.45, 2.75) is 6.18 Å². The van der Waals surface area contributed by atoms with E-state index in [1.807, 2.05) is 0 Å². The highest BCUT2D eigenvalue weighted by molar-refractivity contribution is 14.1. The third kappa shape index (κ3) is 1.68. The van der Waals surface area contributed by atoms with Gasteiger partial charge in [-0.15, -0.1) is 0 Å². The smallest absolute Gasteiger partial charge is 0.318 e. The maximum absolute atomic E-state index is 12.5. The van der Waals surface area contributed by atoms with Crippen molar-refractivity contribution in [3.05, 3.63) is 26.8 Å². The van der Waals surface area contributed by atoms with Crippen LogP contribution >= 0.6 is 22.6 Å². The van der Waals surface area contributed by atoms with Gasteiger partial charge in [0.2, 0.25) is 0 Å². The molecule has 1 aliphatic rings. The number of carbonyl (C=O) groups is 2. The van der Waals surface area contributed by atoms with E-state index >= 15 is 0 Å². The Morgan fingerprint density at radius 1 is 1.19 bits per heavy atom. The Balaban J connectivity index is 2.62. The van der Waals surface area contributed by atoms with Crippen LogP contribution in [0.4, 0.5) is 18.9 Å². The summed E-state index contributed by atoms with van der Waals surface area (Å²) in [6, 6.07) is 1.85. The third-order valence-electron chi connectivity index (χ3n) is 2.11. The molecular formula is C9H3F3INO2. The Morgan fingerprint density at radius 3 is 2.38 bits per heavy atom. The summed E-state index contributed by atoms with van der Waals surface area (Å²) in [6.07, 6.45) is -4.50. The van der Waals surface area contributed by atoms with Gasteiger partial charge in [-0.2, -0.15) is 13.2 Å². The fraction of sp³-hybridized carbons (Fsp3) is 0.111. The second kappa shape index (κ2) is 3.44. The average Bonchev–Trinajstić information content (AvgIpc) is 2.41. The Morgan fingerprint density at radius 2 is 1.81 bits per heavy atom. The number of amides is 1. The van der Waals surface area contributed by atoms with E-state index in [0.717, 1.165) is 12.1 Å². The molecule has 1 heterocycles. The molecule has 1 N–H and O–H groups in total. The van der Waals surface area contributed by atoms with Crippen LogP contribution < -0.4 is 5.32 Å². The number of carbonyl (C=O) groups excluding carboxylic acids is 2. The second-order valence-corrected chi connectivity index (χ2v) is 4.32. The van der Waals surface area contributed by atoms with Crippen LogP contribution in [0.3, 0.4) is 0 Å². The van der Waals surface area contributed by atoms with E-state index in [1.165, 1.54) is 22.6 Å². The number of benzene rings is 1. The maximum atomic E-state index is 12.5. The maximum Gasteiger partial charge on any atom is 0.417 e. The van der Waals surface area contributed by atoms with E-state index in [9.17, 15) is 22.8 Å². The van der Waals surface area contributed by atoms with Gasteiger partial charge in [0.15, 0.2) is 0 Å². The molecule has 0 aromatic heterocycles. The van der Waals surface area contributed by atoms with Gasteiger partial charge < -0.3 is 5.32 Å². The summed E-state index contributed by atoms with van der Waals surface area (Å²) in [4.78, 5) is 22.2. The van der Waals surface area contributed by atoms with Crippen molar-refractivity contribution in [1.29, 1.82) is 0 Å². The first kappa shape index (κ1) is 11.4. The number of hydrogen-bond acceptors (Lipinski definition) is 2. The van der Waals surface area contributed by atoms with Crippen LogP contribution in [0, 0.1) is 3.57 Å². The van der Waals surface area contributed by atoms with Crippen LogP contribution in [0.25, 0.3) is 0 Å². The quantitative estimate of drug-likeness (QED) is 0.582. The van der Waals surface area contributed by atoms with Crippen LogP contribution in [0.1, 0.15) is 15.9 Å². The molecule has 0 fully saturated rings. The first-order chi connectivity index (χ1) is 7.30. The van der Waals surface area contributed by atoms with E-state index in [1.54, 1.807) is 0 Å². The van der Waals surface area contributed by atoms with Gasteiger partial charge in [0.25, 0.3) is 11.7 Å². The monoisotopic (exact) mass is 341 g/mol. The minimum Gasteiger partial charge on any atom is -0.318 e. The lowest BCUT2D eigenvalue weighted by molar-refractivity contribution is -0.138. The van der Waals surface area contributed by atoms with Gasteiger partial charge >= 0.3 is 6.18 Å². The Kier molecular flexibility index (Phi) is 2.44. The van der Waals surface area contributed by atoms with E-state index in [4.69, 9.17) is 0 Å². The number of nitrogens with one attached hydrogen (secondary N) is 1. The second-order valence-electron chi connectivity index (χ2n) is 3.16. The van der Waals surface area contributed by atoms with Crippen molar-refractivity contribution in [3.8, 4) is 0 Å². The molecule has 16 heavy (non-hydrogen) atoms. The Hall–Kier alpha value is -1.12. The van der Waals surface area contributed by atoms with E-state index in [2.05, 4.69) is 5.32 Å². The number of anilines is 1. The van der Waals surface area contributed by atoms with Gasteiger partial charge in [-0.3, -0.25) is 9.59 Å². The van der Waals surface area contributed by atoms with Crippen LogP contribution in [-0.4, -0.2) is 11.7 Å². The molecule has 2 rings (SSSR count).